The number of benzene rings is 1. The standard InChI is InChI=1S/C15H19FN2O/c1-18(15-4-6-19-11-15)10-13-7-12(3-2-5-17)8-14(16)9-13/h7-9,15H,4-6,10-11,17H2,1H3. The first-order chi connectivity index (χ1) is 9.19. The van der Waals surface area contributed by atoms with E-state index in [1.54, 1.807) is 6.07 Å². The number of hydrogen-bond acceptors (Lipinski definition) is 3. The molecular formula is C15H19FN2O. The fraction of sp³-hybridized carbons (Fsp3) is 0.467. The summed E-state index contributed by atoms with van der Waals surface area (Å²) >= 11 is 0. The number of nitrogens with zero attached hydrogens (tertiary/aromatic N) is 1. The van der Waals surface area contributed by atoms with E-state index in [1.165, 1.54) is 6.07 Å². The van der Waals surface area contributed by atoms with Crippen molar-refractivity contribution >= 4 is 0 Å². The molecule has 1 heterocycles. The van der Waals surface area contributed by atoms with Gasteiger partial charge in [-0.25, -0.2) is 4.39 Å². The number of nitrogens with two attached hydrogens (primary N) is 1. The zero-order valence-electron chi connectivity index (χ0n) is 11.2. The Bertz CT molecular complexity index is 487. The minimum atomic E-state index is -0.255. The average molecular weight is 262 g/mol. The molecule has 1 aliphatic heterocycles. The molecule has 0 bridgehead atoms. The van der Waals surface area contributed by atoms with Crippen LogP contribution in [0.25, 0.3) is 0 Å². The molecule has 0 aliphatic carbocycles. The van der Waals surface area contributed by atoms with Crippen LogP contribution < -0.4 is 5.73 Å². The summed E-state index contributed by atoms with van der Waals surface area (Å²) in [5.74, 6) is 5.36. The van der Waals surface area contributed by atoms with Crippen molar-refractivity contribution in [3.05, 3.63) is 35.1 Å². The molecule has 0 amide bonds. The second-order valence-corrected chi connectivity index (χ2v) is 4.79. The van der Waals surface area contributed by atoms with E-state index in [4.69, 9.17) is 10.5 Å². The zero-order chi connectivity index (χ0) is 13.7. The average Bonchev–Trinajstić information content (AvgIpc) is 2.89. The molecule has 1 aliphatic rings. The highest BCUT2D eigenvalue weighted by atomic mass is 19.1. The predicted octanol–water partition coefficient (Wildman–Crippen LogP) is 1.36. The van der Waals surface area contributed by atoms with Gasteiger partial charge in [0.1, 0.15) is 5.82 Å². The van der Waals surface area contributed by atoms with Crippen molar-refractivity contribution < 1.29 is 9.13 Å². The molecule has 1 unspecified atom stereocenters. The number of halogens is 1. The Balaban J connectivity index is 2.08. The van der Waals surface area contributed by atoms with E-state index in [9.17, 15) is 4.39 Å². The molecule has 0 spiro atoms. The van der Waals surface area contributed by atoms with E-state index < -0.39 is 0 Å². The lowest BCUT2D eigenvalue weighted by Gasteiger charge is -2.22. The summed E-state index contributed by atoms with van der Waals surface area (Å²) in [5.41, 5.74) is 6.93. The maximum atomic E-state index is 13.5. The first kappa shape index (κ1) is 14.0. The van der Waals surface area contributed by atoms with Crippen LogP contribution in [0.5, 0.6) is 0 Å². The molecule has 0 saturated carbocycles. The van der Waals surface area contributed by atoms with Crippen LogP contribution in [0.15, 0.2) is 18.2 Å². The Kier molecular flexibility index (Phi) is 4.92. The van der Waals surface area contributed by atoms with Gasteiger partial charge in [-0.2, -0.15) is 0 Å². The molecule has 1 saturated heterocycles. The quantitative estimate of drug-likeness (QED) is 0.836. The van der Waals surface area contributed by atoms with Crippen LogP contribution in [0.4, 0.5) is 4.39 Å². The molecule has 0 radical (unpaired) electrons. The lowest BCUT2D eigenvalue weighted by molar-refractivity contribution is 0.156. The maximum absolute atomic E-state index is 13.5. The van der Waals surface area contributed by atoms with Crippen LogP contribution in [0.1, 0.15) is 17.5 Å². The summed E-state index contributed by atoms with van der Waals surface area (Å²) in [6.07, 6.45) is 1.03. The topological polar surface area (TPSA) is 38.5 Å². The lowest BCUT2D eigenvalue weighted by atomic mass is 10.1. The molecule has 3 nitrogen and oxygen atoms in total. The Morgan fingerprint density at radius 1 is 1.47 bits per heavy atom. The molecule has 19 heavy (non-hydrogen) atoms. The van der Waals surface area contributed by atoms with Gasteiger partial charge in [0.25, 0.3) is 0 Å². The summed E-state index contributed by atoms with van der Waals surface area (Å²) in [5, 5.41) is 0. The highest BCUT2D eigenvalue weighted by molar-refractivity contribution is 5.38. The number of ether oxygens (including phenoxy) is 1. The van der Waals surface area contributed by atoms with Crippen LogP contribution in [-0.2, 0) is 11.3 Å². The largest absolute Gasteiger partial charge is 0.380 e. The van der Waals surface area contributed by atoms with Crippen LogP contribution in [0.3, 0.4) is 0 Å². The van der Waals surface area contributed by atoms with Crippen molar-refractivity contribution in [1.82, 2.24) is 4.90 Å². The van der Waals surface area contributed by atoms with Gasteiger partial charge in [0.05, 0.1) is 13.2 Å². The van der Waals surface area contributed by atoms with Gasteiger partial charge < -0.3 is 10.5 Å². The summed E-state index contributed by atoms with van der Waals surface area (Å²) in [6, 6.07) is 5.32. The minimum Gasteiger partial charge on any atom is -0.380 e. The van der Waals surface area contributed by atoms with E-state index in [0.717, 1.165) is 25.2 Å². The highest BCUT2D eigenvalue weighted by Crippen LogP contribution is 2.16. The molecule has 1 aromatic rings. The third kappa shape index (κ3) is 4.03. The Labute approximate surface area is 113 Å². The molecule has 1 aromatic carbocycles. The molecule has 2 N–H and O–H groups in total. The van der Waals surface area contributed by atoms with E-state index in [-0.39, 0.29) is 12.4 Å². The molecule has 0 aromatic heterocycles. The van der Waals surface area contributed by atoms with Gasteiger partial charge in [0.2, 0.25) is 0 Å². The van der Waals surface area contributed by atoms with Crippen LogP contribution in [0, 0.1) is 17.7 Å². The van der Waals surface area contributed by atoms with Crippen LogP contribution in [0.2, 0.25) is 0 Å². The zero-order valence-corrected chi connectivity index (χ0v) is 11.2. The normalized spacial score (nSPS) is 18.4. The summed E-state index contributed by atoms with van der Waals surface area (Å²) in [6.45, 7) is 2.55. The van der Waals surface area contributed by atoms with E-state index in [2.05, 4.69) is 16.7 Å². The molecule has 102 valence electrons. The predicted molar refractivity (Wildman–Crippen MR) is 73.0 cm³/mol. The Morgan fingerprint density at radius 3 is 3.00 bits per heavy atom. The molecule has 4 heteroatoms. The van der Waals surface area contributed by atoms with Gasteiger partial charge in [0.15, 0.2) is 0 Å². The van der Waals surface area contributed by atoms with E-state index in [1.807, 2.05) is 13.1 Å². The van der Waals surface area contributed by atoms with Crippen LogP contribution >= 0.6 is 0 Å². The summed E-state index contributed by atoms with van der Waals surface area (Å²) in [4.78, 5) is 2.20. The third-order valence-electron chi connectivity index (χ3n) is 3.25. The van der Waals surface area contributed by atoms with Gasteiger partial charge in [-0.1, -0.05) is 11.8 Å². The lowest BCUT2D eigenvalue weighted by Crippen LogP contribution is -2.31. The van der Waals surface area contributed by atoms with Crippen molar-refractivity contribution in [1.29, 1.82) is 0 Å². The number of rotatable bonds is 3. The molecule has 1 fully saturated rings. The maximum Gasteiger partial charge on any atom is 0.124 e. The van der Waals surface area contributed by atoms with Crippen molar-refractivity contribution in [2.24, 2.45) is 5.73 Å². The molecule has 1 atom stereocenters. The van der Waals surface area contributed by atoms with Crippen molar-refractivity contribution in [2.75, 3.05) is 26.8 Å². The summed E-state index contributed by atoms with van der Waals surface area (Å²) < 4.78 is 18.9. The second-order valence-electron chi connectivity index (χ2n) is 4.79. The van der Waals surface area contributed by atoms with Gasteiger partial charge in [-0.05, 0) is 37.2 Å². The second kappa shape index (κ2) is 6.67. The summed E-state index contributed by atoms with van der Waals surface area (Å²) in [7, 11) is 2.04. The van der Waals surface area contributed by atoms with Crippen molar-refractivity contribution in [2.45, 2.75) is 19.0 Å². The fourth-order valence-corrected chi connectivity index (χ4v) is 2.25. The number of likely N-dealkylation sites (N-methyl/N-ethyl adjacent to an activating group) is 1. The van der Waals surface area contributed by atoms with Crippen molar-refractivity contribution in [3.8, 4) is 11.8 Å². The molecular weight excluding hydrogens is 243 g/mol. The van der Waals surface area contributed by atoms with E-state index in [0.29, 0.717) is 18.2 Å². The van der Waals surface area contributed by atoms with Crippen LogP contribution in [-0.4, -0.2) is 37.7 Å². The molecule has 2 rings (SSSR count). The van der Waals surface area contributed by atoms with Gasteiger partial charge in [-0.15, -0.1) is 0 Å². The third-order valence-corrected chi connectivity index (χ3v) is 3.25. The SMILES string of the molecule is CN(Cc1cc(F)cc(C#CCN)c1)C1CCOC1. The monoisotopic (exact) mass is 262 g/mol. The Hall–Kier alpha value is -1.41. The minimum absolute atomic E-state index is 0.255. The fourth-order valence-electron chi connectivity index (χ4n) is 2.25. The first-order valence-electron chi connectivity index (χ1n) is 6.45. The van der Waals surface area contributed by atoms with E-state index >= 15 is 0 Å². The number of hydrogen-bond donors (Lipinski definition) is 1. The van der Waals surface area contributed by atoms with Gasteiger partial charge in [0, 0.05) is 24.8 Å². The van der Waals surface area contributed by atoms with Crippen molar-refractivity contribution in [3.63, 3.8) is 0 Å². The first-order valence-corrected chi connectivity index (χ1v) is 6.45. The van der Waals surface area contributed by atoms with Gasteiger partial charge >= 0.3 is 0 Å². The highest BCUT2D eigenvalue weighted by Gasteiger charge is 2.20. The Morgan fingerprint density at radius 2 is 2.32 bits per heavy atom. The smallest absolute Gasteiger partial charge is 0.124 e. The van der Waals surface area contributed by atoms with Gasteiger partial charge in [-0.3, -0.25) is 4.90 Å².